The number of alkyl halides is 3. The summed E-state index contributed by atoms with van der Waals surface area (Å²) in [7, 11) is 0. The van der Waals surface area contributed by atoms with Crippen molar-refractivity contribution in [3.8, 4) is 0 Å². The molecule has 2 atom stereocenters. The molecule has 2 unspecified atom stereocenters. The first kappa shape index (κ1) is 14.8. The molecule has 1 saturated heterocycles. The van der Waals surface area contributed by atoms with E-state index in [9.17, 15) is 23.1 Å². The summed E-state index contributed by atoms with van der Waals surface area (Å²) in [6.45, 7) is 2.57. The van der Waals surface area contributed by atoms with Gasteiger partial charge in [-0.15, -0.1) is 0 Å². The molecule has 1 aromatic heterocycles. The van der Waals surface area contributed by atoms with E-state index in [0.717, 1.165) is 18.3 Å². The van der Waals surface area contributed by atoms with Gasteiger partial charge in [-0.1, -0.05) is 0 Å². The zero-order chi connectivity index (χ0) is 14.9. The minimum Gasteiger partial charge on any atom is -0.393 e. The minimum absolute atomic E-state index is 0.0151. The number of likely N-dealkylation sites (tertiary alicyclic amines) is 1. The molecule has 0 bridgehead atoms. The van der Waals surface area contributed by atoms with Gasteiger partial charge in [0.25, 0.3) is 5.91 Å². The lowest BCUT2D eigenvalue weighted by Crippen LogP contribution is -2.30. The number of pyridine rings is 1. The molecule has 0 aromatic carbocycles. The number of aliphatic hydroxyl groups excluding tert-OH is 1. The number of hydrogen-bond acceptors (Lipinski definition) is 3. The smallest absolute Gasteiger partial charge is 0.393 e. The molecule has 1 aliphatic heterocycles. The van der Waals surface area contributed by atoms with Crippen molar-refractivity contribution in [1.29, 1.82) is 0 Å². The first-order valence-corrected chi connectivity index (χ1v) is 6.29. The van der Waals surface area contributed by atoms with Crippen molar-refractivity contribution in [1.82, 2.24) is 9.88 Å². The Morgan fingerprint density at radius 1 is 1.50 bits per heavy atom. The van der Waals surface area contributed by atoms with Crippen LogP contribution in [0.4, 0.5) is 13.2 Å². The van der Waals surface area contributed by atoms with E-state index in [4.69, 9.17) is 0 Å². The van der Waals surface area contributed by atoms with Crippen LogP contribution in [-0.4, -0.2) is 40.1 Å². The van der Waals surface area contributed by atoms with E-state index in [0.29, 0.717) is 19.5 Å². The predicted octanol–water partition coefficient (Wildman–Crippen LogP) is 1.94. The maximum Gasteiger partial charge on any atom is 0.433 e. The van der Waals surface area contributed by atoms with Crippen molar-refractivity contribution in [2.24, 2.45) is 5.92 Å². The second-order valence-electron chi connectivity index (χ2n) is 4.97. The molecule has 4 nitrogen and oxygen atoms in total. The monoisotopic (exact) mass is 288 g/mol. The molecule has 1 aliphatic rings. The summed E-state index contributed by atoms with van der Waals surface area (Å²) in [5, 5.41) is 9.47. The van der Waals surface area contributed by atoms with Gasteiger partial charge >= 0.3 is 6.18 Å². The van der Waals surface area contributed by atoms with Crippen LogP contribution in [0.2, 0.25) is 0 Å². The summed E-state index contributed by atoms with van der Waals surface area (Å²) in [4.78, 5) is 16.9. The molecule has 1 amide bonds. The Morgan fingerprint density at radius 2 is 2.20 bits per heavy atom. The number of carbonyl (C=O) groups excluding carboxylic acids is 1. The van der Waals surface area contributed by atoms with Crippen LogP contribution in [0, 0.1) is 5.92 Å². The number of rotatable bonds is 2. The third-order valence-corrected chi connectivity index (χ3v) is 3.50. The lowest BCUT2D eigenvalue weighted by Gasteiger charge is -2.17. The van der Waals surface area contributed by atoms with E-state index in [1.807, 2.05) is 0 Å². The van der Waals surface area contributed by atoms with Gasteiger partial charge in [0, 0.05) is 25.2 Å². The van der Waals surface area contributed by atoms with Gasteiger partial charge in [0.1, 0.15) is 5.69 Å². The van der Waals surface area contributed by atoms with Crippen LogP contribution in [-0.2, 0) is 6.18 Å². The van der Waals surface area contributed by atoms with Crippen LogP contribution in [0.1, 0.15) is 29.4 Å². The van der Waals surface area contributed by atoms with E-state index in [1.54, 1.807) is 6.92 Å². The molecule has 2 heterocycles. The molecule has 0 radical (unpaired) electrons. The average molecular weight is 288 g/mol. The number of amides is 1. The first-order chi connectivity index (χ1) is 9.29. The zero-order valence-electron chi connectivity index (χ0n) is 10.9. The summed E-state index contributed by atoms with van der Waals surface area (Å²) in [6, 6.07) is 1.93. The Labute approximate surface area is 114 Å². The summed E-state index contributed by atoms with van der Waals surface area (Å²) in [5.41, 5.74) is -0.887. The molecule has 20 heavy (non-hydrogen) atoms. The predicted molar refractivity (Wildman–Crippen MR) is 64.9 cm³/mol. The lowest BCUT2D eigenvalue weighted by atomic mass is 10.0. The molecule has 0 aliphatic carbocycles. The number of hydrogen-bond donors (Lipinski definition) is 1. The fourth-order valence-electron chi connectivity index (χ4n) is 2.24. The number of aliphatic hydroxyl groups is 1. The van der Waals surface area contributed by atoms with Gasteiger partial charge in [0.05, 0.1) is 11.7 Å². The van der Waals surface area contributed by atoms with Crippen molar-refractivity contribution >= 4 is 5.91 Å². The largest absolute Gasteiger partial charge is 0.433 e. The molecule has 7 heteroatoms. The van der Waals surface area contributed by atoms with Crippen molar-refractivity contribution in [2.75, 3.05) is 13.1 Å². The Balaban J connectivity index is 2.07. The van der Waals surface area contributed by atoms with Crippen LogP contribution >= 0.6 is 0 Å². The van der Waals surface area contributed by atoms with E-state index >= 15 is 0 Å². The van der Waals surface area contributed by atoms with E-state index in [-0.39, 0.29) is 17.4 Å². The normalized spacial score (nSPS) is 21.1. The molecule has 0 spiro atoms. The molecule has 1 aromatic rings. The number of nitrogens with zero attached hydrogens (tertiary/aromatic N) is 2. The van der Waals surface area contributed by atoms with E-state index in [2.05, 4.69) is 4.98 Å². The number of aromatic nitrogens is 1. The highest BCUT2D eigenvalue weighted by Crippen LogP contribution is 2.27. The van der Waals surface area contributed by atoms with Gasteiger partial charge in [-0.25, -0.2) is 0 Å². The molecule has 110 valence electrons. The SMILES string of the molecule is CC(O)C1CCN(C(=O)c2ccc(C(F)(F)F)nc2)C1. The van der Waals surface area contributed by atoms with Crippen molar-refractivity contribution < 1.29 is 23.1 Å². The minimum atomic E-state index is -4.51. The van der Waals surface area contributed by atoms with Gasteiger partial charge in [-0.3, -0.25) is 9.78 Å². The van der Waals surface area contributed by atoms with Crippen LogP contribution < -0.4 is 0 Å². The Bertz CT molecular complexity index is 485. The highest BCUT2D eigenvalue weighted by atomic mass is 19.4. The van der Waals surface area contributed by atoms with Crippen LogP contribution in [0.3, 0.4) is 0 Å². The lowest BCUT2D eigenvalue weighted by molar-refractivity contribution is -0.141. The Morgan fingerprint density at radius 3 is 2.65 bits per heavy atom. The Hall–Kier alpha value is -1.63. The third kappa shape index (κ3) is 3.09. The van der Waals surface area contributed by atoms with Gasteiger partial charge in [0.15, 0.2) is 0 Å². The van der Waals surface area contributed by atoms with Crippen molar-refractivity contribution in [3.05, 3.63) is 29.6 Å². The quantitative estimate of drug-likeness (QED) is 0.905. The van der Waals surface area contributed by atoms with Gasteiger partial charge < -0.3 is 10.0 Å². The topological polar surface area (TPSA) is 53.4 Å². The first-order valence-electron chi connectivity index (χ1n) is 6.29. The van der Waals surface area contributed by atoms with Crippen LogP contribution in [0.5, 0.6) is 0 Å². The van der Waals surface area contributed by atoms with E-state index < -0.39 is 18.0 Å². The molecular weight excluding hydrogens is 273 g/mol. The number of halogens is 3. The fraction of sp³-hybridized carbons (Fsp3) is 0.538. The van der Waals surface area contributed by atoms with Gasteiger partial charge in [-0.2, -0.15) is 13.2 Å². The van der Waals surface area contributed by atoms with Crippen molar-refractivity contribution in [2.45, 2.75) is 25.6 Å². The summed E-state index contributed by atoms with van der Waals surface area (Å²) >= 11 is 0. The molecule has 0 saturated carbocycles. The zero-order valence-corrected chi connectivity index (χ0v) is 10.9. The van der Waals surface area contributed by atoms with E-state index in [1.165, 1.54) is 4.90 Å². The molecule has 2 rings (SSSR count). The van der Waals surface area contributed by atoms with Gasteiger partial charge in [-0.05, 0) is 25.5 Å². The highest BCUT2D eigenvalue weighted by Gasteiger charge is 2.33. The molecular formula is C13H15F3N2O2. The second kappa shape index (κ2) is 5.40. The second-order valence-corrected chi connectivity index (χ2v) is 4.97. The standard InChI is InChI=1S/C13H15F3N2O2/c1-8(19)10-4-5-18(7-10)12(20)9-2-3-11(17-6-9)13(14,15)16/h2-3,6,8,10,19H,4-5,7H2,1H3. The van der Waals surface area contributed by atoms with Crippen LogP contribution in [0.15, 0.2) is 18.3 Å². The maximum atomic E-state index is 12.4. The molecule has 1 N–H and O–H groups in total. The van der Waals surface area contributed by atoms with Crippen LogP contribution in [0.25, 0.3) is 0 Å². The van der Waals surface area contributed by atoms with Gasteiger partial charge in [0.2, 0.25) is 0 Å². The van der Waals surface area contributed by atoms with Crippen molar-refractivity contribution in [3.63, 3.8) is 0 Å². The third-order valence-electron chi connectivity index (χ3n) is 3.50. The maximum absolute atomic E-state index is 12.4. The highest BCUT2D eigenvalue weighted by molar-refractivity contribution is 5.94. The average Bonchev–Trinajstić information content (AvgIpc) is 2.86. The fourth-order valence-corrected chi connectivity index (χ4v) is 2.24. The summed E-state index contributed by atoms with van der Waals surface area (Å²) in [5.74, 6) is -0.337. The molecule has 1 fully saturated rings. The summed E-state index contributed by atoms with van der Waals surface area (Å²) in [6.07, 6.45) is -3.37. The Kier molecular flexibility index (Phi) is 3.99. The number of carbonyl (C=O) groups is 1. The summed E-state index contributed by atoms with van der Waals surface area (Å²) < 4.78 is 37.1.